The Morgan fingerprint density at radius 3 is 2.67 bits per heavy atom. The molecule has 0 aliphatic carbocycles. The van der Waals surface area contributed by atoms with Gasteiger partial charge in [0.15, 0.2) is 0 Å². The lowest BCUT2D eigenvalue weighted by atomic mass is 10.0. The van der Waals surface area contributed by atoms with Gasteiger partial charge in [0, 0.05) is 16.1 Å². The molecule has 0 spiro atoms. The number of hydrogen-bond donors (Lipinski definition) is 1. The number of nitrogens with two attached hydrogens (primary N) is 1. The van der Waals surface area contributed by atoms with E-state index in [2.05, 4.69) is 15.9 Å². The monoisotopic (exact) mass is 317 g/mol. The first-order chi connectivity index (χ1) is 8.19. The van der Waals surface area contributed by atoms with E-state index in [1.54, 1.807) is 32.9 Å². The third kappa shape index (κ3) is 4.74. The van der Waals surface area contributed by atoms with Crippen LogP contribution in [-0.2, 0) is 9.53 Å². The Labute approximate surface area is 115 Å². The minimum Gasteiger partial charge on any atom is -0.460 e. The maximum Gasteiger partial charge on any atom is 0.308 e. The predicted octanol–water partition coefficient (Wildman–Crippen LogP) is 3.32. The van der Waals surface area contributed by atoms with Gasteiger partial charge in [0.05, 0.1) is 6.42 Å². The molecule has 100 valence electrons. The summed E-state index contributed by atoms with van der Waals surface area (Å²) < 4.78 is 19.4. The lowest BCUT2D eigenvalue weighted by Crippen LogP contribution is -2.26. The fourth-order valence-electron chi connectivity index (χ4n) is 1.47. The molecule has 0 amide bonds. The van der Waals surface area contributed by atoms with Crippen molar-refractivity contribution in [1.29, 1.82) is 0 Å². The largest absolute Gasteiger partial charge is 0.460 e. The number of carbonyl (C=O) groups excluding carboxylic acids is 1. The fourth-order valence-corrected chi connectivity index (χ4v) is 1.85. The highest BCUT2D eigenvalue weighted by molar-refractivity contribution is 9.10. The van der Waals surface area contributed by atoms with Crippen molar-refractivity contribution in [1.82, 2.24) is 0 Å². The average Bonchev–Trinajstić information content (AvgIpc) is 2.18. The minimum absolute atomic E-state index is 0.0509. The summed E-state index contributed by atoms with van der Waals surface area (Å²) in [7, 11) is 0. The van der Waals surface area contributed by atoms with Gasteiger partial charge in [-0.2, -0.15) is 0 Å². The summed E-state index contributed by atoms with van der Waals surface area (Å²) in [6.45, 7) is 5.32. The van der Waals surface area contributed by atoms with Crippen LogP contribution >= 0.6 is 15.9 Å². The molecule has 0 heterocycles. The molecule has 3 nitrogen and oxygen atoms in total. The zero-order chi connectivity index (χ0) is 13.9. The van der Waals surface area contributed by atoms with E-state index in [1.165, 1.54) is 6.07 Å². The Bertz CT molecular complexity index is 443. The summed E-state index contributed by atoms with van der Waals surface area (Å²) in [6, 6.07) is 3.76. The SMILES string of the molecule is CC(C)(C)OC(=O)C[C@H](N)c1cc(Br)ccc1F. The van der Waals surface area contributed by atoms with Crippen LogP contribution < -0.4 is 5.73 Å². The number of rotatable bonds is 3. The van der Waals surface area contributed by atoms with Crippen molar-refractivity contribution < 1.29 is 13.9 Å². The molecule has 0 unspecified atom stereocenters. The summed E-state index contributed by atoms with van der Waals surface area (Å²) in [5.41, 5.74) is 5.56. The second-order valence-electron chi connectivity index (χ2n) is 5.06. The van der Waals surface area contributed by atoms with Gasteiger partial charge in [0.1, 0.15) is 11.4 Å². The van der Waals surface area contributed by atoms with Crippen LogP contribution in [0, 0.1) is 5.82 Å². The van der Waals surface area contributed by atoms with Gasteiger partial charge in [0.25, 0.3) is 0 Å². The number of hydrogen-bond acceptors (Lipinski definition) is 3. The van der Waals surface area contributed by atoms with Gasteiger partial charge in [-0.1, -0.05) is 15.9 Å². The van der Waals surface area contributed by atoms with Crippen LogP contribution in [0.1, 0.15) is 38.8 Å². The van der Waals surface area contributed by atoms with Crippen LogP contribution in [0.2, 0.25) is 0 Å². The van der Waals surface area contributed by atoms with E-state index in [-0.39, 0.29) is 6.42 Å². The minimum atomic E-state index is -0.711. The van der Waals surface area contributed by atoms with Gasteiger partial charge in [0.2, 0.25) is 0 Å². The van der Waals surface area contributed by atoms with Gasteiger partial charge in [-0.25, -0.2) is 4.39 Å². The van der Waals surface area contributed by atoms with E-state index in [0.717, 1.165) is 4.47 Å². The highest BCUT2D eigenvalue weighted by atomic mass is 79.9. The second-order valence-corrected chi connectivity index (χ2v) is 5.98. The van der Waals surface area contributed by atoms with Crippen LogP contribution in [0.4, 0.5) is 4.39 Å². The number of ether oxygens (including phenoxy) is 1. The molecule has 0 aliphatic heterocycles. The Hall–Kier alpha value is -0.940. The second kappa shape index (κ2) is 5.80. The quantitative estimate of drug-likeness (QED) is 0.870. The van der Waals surface area contributed by atoms with Gasteiger partial charge >= 0.3 is 5.97 Å². The van der Waals surface area contributed by atoms with Crippen LogP contribution in [0.3, 0.4) is 0 Å². The first-order valence-corrected chi connectivity index (χ1v) is 6.41. The Morgan fingerprint density at radius 1 is 1.50 bits per heavy atom. The first kappa shape index (κ1) is 15.1. The molecule has 0 aromatic heterocycles. The lowest BCUT2D eigenvalue weighted by Gasteiger charge is -2.21. The zero-order valence-corrected chi connectivity index (χ0v) is 12.3. The molecule has 0 aliphatic rings. The van der Waals surface area contributed by atoms with Gasteiger partial charge in [-0.3, -0.25) is 4.79 Å². The first-order valence-electron chi connectivity index (χ1n) is 5.61. The average molecular weight is 318 g/mol. The third-order valence-electron chi connectivity index (χ3n) is 2.16. The van der Waals surface area contributed by atoms with Crippen LogP contribution in [0.15, 0.2) is 22.7 Å². The highest BCUT2D eigenvalue weighted by Gasteiger charge is 2.21. The molecule has 5 heteroatoms. The molecule has 1 atom stereocenters. The van der Waals surface area contributed by atoms with E-state index in [0.29, 0.717) is 5.56 Å². The highest BCUT2D eigenvalue weighted by Crippen LogP contribution is 2.23. The maximum atomic E-state index is 13.6. The normalized spacial score (nSPS) is 13.2. The van der Waals surface area contributed by atoms with Crippen LogP contribution in [-0.4, -0.2) is 11.6 Å². The number of benzene rings is 1. The lowest BCUT2D eigenvalue weighted by molar-refractivity contribution is -0.155. The number of halogens is 2. The summed E-state index contributed by atoms with van der Waals surface area (Å²) in [5, 5.41) is 0. The Morgan fingerprint density at radius 2 is 2.11 bits per heavy atom. The molecule has 0 radical (unpaired) electrons. The van der Waals surface area contributed by atoms with Crippen molar-refractivity contribution >= 4 is 21.9 Å². The topological polar surface area (TPSA) is 52.3 Å². The van der Waals surface area contributed by atoms with E-state index in [9.17, 15) is 9.18 Å². The summed E-state index contributed by atoms with van der Waals surface area (Å²) in [4.78, 5) is 11.6. The molecule has 1 rings (SSSR count). The maximum absolute atomic E-state index is 13.6. The van der Waals surface area contributed by atoms with Crippen molar-refractivity contribution in [2.75, 3.05) is 0 Å². The van der Waals surface area contributed by atoms with E-state index in [4.69, 9.17) is 10.5 Å². The van der Waals surface area contributed by atoms with E-state index >= 15 is 0 Å². The standard InChI is InChI=1S/C13H17BrFNO2/c1-13(2,3)18-12(17)7-11(16)9-6-8(14)4-5-10(9)15/h4-6,11H,7,16H2,1-3H3/t11-/m0/s1. The Kier molecular flexibility index (Phi) is 4.87. The summed E-state index contributed by atoms with van der Waals surface area (Å²) in [6.07, 6.45) is -0.0509. The Balaban J connectivity index is 2.73. The molecular formula is C13H17BrFNO2. The zero-order valence-electron chi connectivity index (χ0n) is 10.7. The molecule has 0 saturated heterocycles. The molecule has 1 aromatic rings. The van der Waals surface area contributed by atoms with Crippen molar-refractivity contribution in [2.45, 2.75) is 38.8 Å². The molecule has 18 heavy (non-hydrogen) atoms. The molecule has 0 fully saturated rings. The fraction of sp³-hybridized carbons (Fsp3) is 0.462. The smallest absolute Gasteiger partial charge is 0.308 e. The summed E-state index contributed by atoms with van der Waals surface area (Å²) >= 11 is 3.24. The van der Waals surface area contributed by atoms with Gasteiger partial charge < -0.3 is 10.5 Å². The molecule has 1 aromatic carbocycles. The van der Waals surface area contributed by atoms with Gasteiger partial charge in [-0.15, -0.1) is 0 Å². The predicted molar refractivity (Wildman–Crippen MR) is 71.5 cm³/mol. The van der Waals surface area contributed by atoms with Crippen molar-refractivity contribution in [2.24, 2.45) is 5.73 Å². The molecular weight excluding hydrogens is 301 g/mol. The van der Waals surface area contributed by atoms with E-state index < -0.39 is 23.4 Å². The van der Waals surface area contributed by atoms with Crippen molar-refractivity contribution in [3.05, 3.63) is 34.1 Å². The molecule has 2 N–H and O–H groups in total. The third-order valence-corrected chi connectivity index (χ3v) is 2.66. The van der Waals surface area contributed by atoms with Crippen LogP contribution in [0.5, 0.6) is 0 Å². The number of esters is 1. The van der Waals surface area contributed by atoms with Crippen molar-refractivity contribution in [3.63, 3.8) is 0 Å². The van der Waals surface area contributed by atoms with Crippen molar-refractivity contribution in [3.8, 4) is 0 Å². The van der Waals surface area contributed by atoms with Crippen LogP contribution in [0.25, 0.3) is 0 Å². The number of carbonyl (C=O) groups is 1. The van der Waals surface area contributed by atoms with Gasteiger partial charge in [-0.05, 0) is 39.0 Å². The summed E-state index contributed by atoms with van der Waals surface area (Å²) in [5.74, 6) is -0.858. The van der Waals surface area contributed by atoms with E-state index in [1.807, 2.05) is 0 Å². The molecule has 0 bridgehead atoms. The molecule has 0 saturated carbocycles.